The number of aliphatic carboxylic acids is 1. The van der Waals surface area contributed by atoms with Crippen LogP contribution in [0, 0.1) is 0 Å². The zero-order chi connectivity index (χ0) is 38.8. The van der Waals surface area contributed by atoms with Gasteiger partial charge in [0.05, 0.1) is 29.5 Å². The van der Waals surface area contributed by atoms with Gasteiger partial charge >= 0.3 is 11.9 Å². The van der Waals surface area contributed by atoms with Crippen LogP contribution in [0.3, 0.4) is 0 Å². The molecule has 54 heavy (non-hydrogen) atoms. The van der Waals surface area contributed by atoms with Crippen molar-refractivity contribution in [3.63, 3.8) is 0 Å². The number of amides is 1. The molecular weight excluding hydrogens is 758 g/mol. The van der Waals surface area contributed by atoms with Crippen molar-refractivity contribution in [2.75, 3.05) is 25.1 Å². The summed E-state index contributed by atoms with van der Waals surface area (Å²) in [4.78, 5) is 39.7. The van der Waals surface area contributed by atoms with Gasteiger partial charge in [-0.3, -0.25) is 14.9 Å². The molecule has 0 saturated carbocycles. The number of aliphatic hydroxyl groups is 2. The molecule has 3 aromatic carbocycles. The highest BCUT2D eigenvalue weighted by molar-refractivity contribution is 7.97. The summed E-state index contributed by atoms with van der Waals surface area (Å²) in [7, 11) is -3.98. The third-order valence-corrected chi connectivity index (χ3v) is 12.1. The Balaban J connectivity index is 1.16. The Labute approximate surface area is 324 Å². The molecule has 7 N–H and O–H groups in total. The van der Waals surface area contributed by atoms with Crippen molar-refractivity contribution in [1.82, 2.24) is 19.7 Å². The van der Waals surface area contributed by atoms with Crippen LogP contribution in [0.25, 0.3) is 0 Å². The van der Waals surface area contributed by atoms with Crippen LogP contribution in [0.15, 0.2) is 76.5 Å². The number of carboxylic acids is 1. The molecule has 2 unspecified atom stereocenters. The van der Waals surface area contributed by atoms with Crippen molar-refractivity contribution in [2.24, 2.45) is 0 Å². The lowest BCUT2D eigenvalue weighted by Gasteiger charge is -2.28. The van der Waals surface area contributed by atoms with Crippen LogP contribution in [0.5, 0.6) is 0 Å². The van der Waals surface area contributed by atoms with Crippen molar-refractivity contribution in [3.8, 4) is 0 Å². The van der Waals surface area contributed by atoms with Crippen LogP contribution in [-0.2, 0) is 48.5 Å². The first-order valence-corrected chi connectivity index (χ1v) is 20.4. The molecule has 14 nitrogen and oxygen atoms in total. The van der Waals surface area contributed by atoms with Gasteiger partial charge in [-0.2, -0.15) is 0 Å². The van der Waals surface area contributed by atoms with E-state index in [1.807, 2.05) is 18.2 Å². The van der Waals surface area contributed by atoms with E-state index in [1.165, 1.54) is 22.4 Å². The van der Waals surface area contributed by atoms with E-state index in [0.717, 1.165) is 24.1 Å². The normalized spacial score (nSPS) is 18.6. The molecule has 2 heterocycles. The maximum absolute atomic E-state index is 13.3. The van der Waals surface area contributed by atoms with E-state index in [1.54, 1.807) is 43.3 Å². The van der Waals surface area contributed by atoms with Crippen LogP contribution in [0.1, 0.15) is 49.3 Å². The predicted molar refractivity (Wildman–Crippen MR) is 204 cm³/mol. The number of esters is 1. The second kappa shape index (κ2) is 19.2. The van der Waals surface area contributed by atoms with E-state index in [-0.39, 0.29) is 29.0 Å². The number of aliphatic hydroxyl groups excluding tert-OH is 2. The monoisotopic (exact) mass is 803 g/mol. The van der Waals surface area contributed by atoms with E-state index < -0.39 is 65.3 Å². The first-order valence-electron chi connectivity index (χ1n) is 17.7. The average molecular weight is 804 g/mol. The summed E-state index contributed by atoms with van der Waals surface area (Å²) in [5, 5.41) is 34.8. The van der Waals surface area contributed by atoms with Gasteiger partial charge in [-0.25, -0.2) is 22.7 Å². The lowest BCUT2D eigenvalue weighted by Crippen LogP contribution is -2.53. The molecule has 1 saturated heterocycles. The highest BCUT2D eigenvalue weighted by Gasteiger charge is 2.37. The van der Waals surface area contributed by atoms with Gasteiger partial charge < -0.3 is 30.3 Å². The number of benzene rings is 3. The molecule has 5 atom stereocenters. The molecule has 0 bridgehead atoms. The molecule has 0 spiro atoms. The van der Waals surface area contributed by atoms with Gasteiger partial charge in [-0.15, -0.1) is 0 Å². The fourth-order valence-electron chi connectivity index (χ4n) is 6.28. The average Bonchev–Trinajstić information content (AvgIpc) is 3.67. The Bertz CT molecular complexity index is 1870. The summed E-state index contributed by atoms with van der Waals surface area (Å²) in [6.45, 7) is 0.808. The topological polar surface area (TPSA) is 207 Å². The van der Waals surface area contributed by atoms with Crippen molar-refractivity contribution in [3.05, 3.63) is 88.4 Å². The summed E-state index contributed by atoms with van der Waals surface area (Å²) in [6.07, 6.45) is 1.87. The van der Waals surface area contributed by atoms with Crippen molar-refractivity contribution in [2.45, 2.75) is 92.2 Å². The Kier molecular flexibility index (Phi) is 14.7. The number of anilines is 1. The largest absolute Gasteiger partial charge is 0.480 e. The van der Waals surface area contributed by atoms with E-state index in [0.29, 0.717) is 36.3 Å². The zero-order valence-corrected chi connectivity index (χ0v) is 32.1. The fourth-order valence-corrected chi connectivity index (χ4v) is 8.77. The van der Waals surface area contributed by atoms with Crippen molar-refractivity contribution < 1.29 is 42.9 Å². The summed E-state index contributed by atoms with van der Waals surface area (Å²) in [5.74, 6) is -2.27. The number of likely N-dealkylation sites (tertiary alicyclic amines) is 1. The summed E-state index contributed by atoms with van der Waals surface area (Å²) in [5.41, 5.74) is 3.48. The molecule has 0 aliphatic carbocycles. The van der Waals surface area contributed by atoms with Crippen LogP contribution < -0.4 is 20.1 Å². The van der Waals surface area contributed by atoms with E-state index >= 15 is 0 Å². The number of rotatable bonds is 18. The quantitative estimate of drug-likeness (QED) is 0.0731. The molecule has 5 rings (SSSR count). The Hall–Kier alpha value is -3.74. The number of carbonyl (C=O) groups is 3. The number of hydrogen-bond donors (Lipinski definition) is 7. The molecule has 0 aromatic heterocycles. The standard InChI is InChI=1S/C37H46ClN5O9S2/c1-23(35(46)43-17-5-8-31(43)36(47)48)40-29(37(49)52-22-27(45)21-44)15-13-25-9-11-26(12-10-25)20-39-54(50,51)33-19-32-30(18-28(33)38)41-34(42-53-32)16-14-24-6-3-2-4-7-24/h2-4,6-7,9-12,18-19,23,27,29,31,34,39-42,44-45H,5,8,13-17,20-22H2,1H3,(H,47,48)/t23?,27-,29-,31?,34-/m0/s1. The van der Waals surface area contributed by atoms with Gasteiger partial charge in [0.15, 0.2) is 0 Å². The minimum atomic E-state index is -3.98. The SMILES string of the molecule is CC(N[C@@H](CCc1ccc(CNS(=O)(=O)c2cc3c(cc2Cl)N[C@H](CCc2ccccc2)NS3)cc1)C(=O)OC[C@@H](O)CO)C(=O)N1CCCC1C(=O)O. The third-order valence-electron chi connectivity index (χ3n) is 9.30. The maximum Gasteiger partial charge on any atom is 0.326 e. The molecule has 1 amide bonds. The van der Waals surface area contributed by atoms with Crippen molar-refractivity contribution >= 4 is 57.1 Å². The number of aryl methyl sites for hydroxylation is 2. The van der Waals surface area contributed by atoms with E-state index in [9.17, 15) is 33.0 Å². The number of hydrogen-bond acceptors (Lipinski definition) is 12. The molecule has 2 aliphatic rings. The van der Waals surface area contributed by atoms with Gasteiger partial charge in [0, 0.05) is 18.0 Å². The minimum absolute atomic E-state index is 0.00160. The third kappa shape index (κ3) is 11.2. The van der Waals surface area contributed by atoms with Gasteiger partial charge in [0.25, 0.3) is 0 Å². The lowest BCUT2D eigenvalue weighted by atomic mass is 10.0. The van der Waals surface area contributed by atoms with E-state index in [2.05, 4.69) is 32.2 Å². The van der Waals surface area contributed by atoms with Gasteiger partial charge in [0.1, 0.15) is 29.7 Å². The Morgan fingerprint density at radius 1 is 1.06 bits per heavy atom. The van der Waals surface area contributed by atoms with Gasteiger partial charge in [-0.05, 0) is 86.2 Å². The van der Waals surface area contributed by atoms with Gasteiger partial charge in [-0.1, -0.05) is 66.2 Å². The number of sulfonamides is 1. The van der Waals surface area contributed by atoms with Crippen LogP contribution >= 0.6 is 23.5 Å². The van der Waals surface area contributed by atoms with E-state index in [4.69, 9.17) is 21.4 Å². The Morgan fingerprint density at radius 3 is 2.46 bits per heavy atom. The summed E-state index contributed by atoms with van der Waals surface area (Å²) >= 11 is 7.85. The number of ether oxygens (including phenoxy) is 1. The molecule has 17 heteroatoms. The first kappa shape index (κ1) is 41.4. The van der Waals surface area contributed by atoms with Crippen LogP contribution in [-0.4, -0.2) is 96.6 Å². The second-order valence-electron chi connectivity index (χ2n) is 13.3. The van der Waals surface area contributed by atoms with Crippen molar-refractivity contribution in [1.29, 1.82) is 0 Å². The molecule has 1 fully saturated rings. The number of carbonyl (C=O) groups excluding carboxylic acids is 2. The van der Waals surface area contributed by atoms with Gasteiger partial charge in [0.2, 0.25) is 15.9 Å². The molecule has 2 aliphatic heterocycles. The molecule has 3 aromatic rings. The molecule has 0 radical (unpaired) electrons. The van der Waals surface area contributed by atoms with Crippen LogP contribution in [0.4, 0.5) is 5.69 Å². The lowest BCUT2D eigenvalue weighted by molar-refractivity contribution is -0.152. The number of fused-ring (bicyclic) bond motifs is 1. The number of nitrogens with one attached hydrogen (secondary N) is 4. The number of halogens is 1. The maximum atomic E-state index is 13.3. The number of carboxylic acid groups (broad SMARTS) is 1. The summed E-state index contributed by atoms with van der Waals surface area (Å²) < 4.78 is 37.8. The zero-order valence-electron chi connectivity index (χ0n) is 29.7. The second-order valence-corrected chi connectivity index (χ2v) is 16.4. The summed E-state index contributed by atoms with van der Waals surface area (Å²) in [6, 6.07) is 17.6. The predicted octanol–water partition coefficient (Wildman–Crippen LogP) is 3.05. The van der Waals surface area contributed by atoms with Crippen LogP contribution in [0.2, 0.25) is 5.02 Å². The number of nitrogens with zero attached hydrogens (tertiary/aromatic N) is 1. The first-order chi connectivity index (χ1) is 25.8. The molecule has 292 valence electrons. The minimum Gasteiger partial charge on any atom is -0.480 e. The molecular formula is C37H46ClN5O9S2. The highest BCUT2D eigenvalue weighted by Crippen LogP contribution is 2.37. The fraction of sp³-hybridized carbons (Fsp3) is 0.432. The Morgan fingerprint density at radius 2 is 1.76 bits per heavy atom. The highest BCUT2D eigenvalue weighted by atomic mass is 35.5. The smallest absolute Gasteiger partial charge is 0.326 e.